The van der Waals surface area contributed by atoms with Crippen LogP contribution >= 0.6 is 0 Å². The highest BCUT2D eigenvalue weighted by Gasteiger charge is 2.52. The zero-order chi connectivity index (χ0) is 22.0. The third kappa shape index (κ3) is 2.37. The number of rotatable bonds is 1. The summed E-state index contributed by atoms with van der Waals surface area (Å²) in [4.78, 5) is 2.45. The van der Waals surface area contributed by atoms with E-state index in [0.717, 1.165) is 12.8 Å². The van der Waals surface area contributed by atoms with Crippen molar-refractivity contribution in [1.29, 1.82) is 0 Å². The number of hydrogen-bond acceptors (Lipinski definition) is 1. The predicted octanol–water partition coefficient (Wildman–Crippen LogP) is 8.23. The van der Waals surface area contributed by atoms with Gasteiger partial charge in [0, 0.05) is 5.69 Å². The van der Waals surface area contributed by atoms with Crippen molar-refractivity contribution in [1.82, 2.24) is 0 Å². The molecule has 0 atom stereocenters. The lowest BCUT2D eigenvalue weighted by atomic mass is 9.62. The fourth-order valence-electron chi connectivity index (χ4n) is 6.39. The van der Waals surface area contributed by atoms with Gasteiger partial charge in [-0.1, -0.05) is 90.5 Å². The summed E-state index contributed by atoms with van der Waals surface area (Å²) in [5.41, 5.74) is 13.4. The van der Waals surface area contributed by atoms with Crippen molar-refractivity contribution in [3.63, 3.8) is 0 Å². The summed E-state index contributed by atoms with van der Waals surface area (Å²) in [6.07, 6.45) is 6.91. The van der Waals surface area contributed by atoms with E-state index in [1.54, 1.807) is 5.57 Å². The molecule has 3 aliphatic rings. The molecule has 0 N–H and O–H groups in total. The molecule has 0 bridgehead atoms. The molecular formula is C32H25N. The number of allylic oxidation sites excluding steroid dienone is 4. The molecule has 4 aromatic carbocycles. The molecule has 1 heterocycles. The fourth-order valence-corrected chi connectivity index (χ4v) is 6.39. The standard InChI is InChI=1S/C32H25N/c1-22-19-20-25-24-13-5-6-14-26(24)32(29(25)21-22)27-15-7-9-17-30(27)33(23-11-3-2-4-12-23)31-18-10-8-16-28(31)32/h2-5,7-13,15-21H,6,14H2,1H3. The maximum absolute atomic E-state index is 2.45. The molecule has 0 fully saturated rings. The Labute approximate surface area is 195 Å². The highest BCUT2D eigenvalue weighted by molar-refractivity contribution is 5.97. The predicted molar refractivity (Wildman–Crippen MR) is 137 cm³/mol. The third-order valence-electron chi connectivity index (χ3n) is 7.60. The van der Waals surface area contributed by atoms with Crippen LogP contribution in [-0.2, 0) is 5.41 Å². The summed E-state index contributed by atoms with van der Waals surface area (Å²) in [5.74, 6) is 0. The Kier molecular flexibility index (Phi) is 3.87. The zero-order valence-corrected chi connectivity index (χ0v) is 18.8. The monoisotopic (exact) mass is 423 g/mol. The van der Waals surface area contributed by atoms with Crippen molar-refractivity contribution in [3.8, 4) is 0 Å². The Balaban J connectivity index is 1.65. The molecule has 0 amide bonds. The van der Waals surface area contributed by atoms with Gasteiger partial charge in [-0.2, -0.15) is 0 Å². The minimum atomic E-state index is -0.250. The van der Waals surface area contributed by atoms with Crippen molar-refractivity contribution in [3.05, 3.63) is 143 Å². The lowest BCUT2D eigenvalue weighted by Crippen LogP contribution is -2.37. The topological polar surface area (TPSA) is 3.24 Å². The first-order valence-electron chi connectivity index (χ1n) is 11.9. The quantitative estimate of drug-likeness (QED) is 0.298. The number of aryl methyl sites for hydroxylation is 1. The van der Waals surface area contributed by atoms with Crippen LogP contribution in [0, 0.1) is 6.92 Å². The highest BCUT2D eigenvalue weighted by Crippen LogP contribution is 2.63. The van der Waals surface area contributed by atoms with Gasteiger partial charge >= 0.3 is 0 Å². The van der Waals surface area contributed by atoms with E-state index in [9.17, 15) is 0 Å². The van der Waals surface area contributed by atoms with Crippen molar-refractivity contribution in [2.24, 2.45) is 0 Å². The molecule has 1 spiro atoms. The number of fused-ring (bicyclic) bond motifs is 8. The van der Waals surface area contributed by atoms with Crippen LogP contribution in [0.1, 0.15) is 40.7 Å². The molecule has 0 saturated carbocycles. The Morgan fingerprint density at radius 2 is 1.36 bits per heavy atom. The summed E-state index contributed by atoms with van der Waals surface area (Å²) in [6, 6.07) is 35.9. The lowest BCUT2D eigenvalue weighted by Gasteiger charge is -2.46. The number of anilines is 3. The molecular weight excluding hydrogens is 398 g/mol. The average molecular weight is 424 g/mol. The van der Waals surface area contributed by atoms with E-state index in [1.165, 1.54) is 50.5 Å². The summed E-state index contributed by atoms with van der Waals surface area (Å²) in [5, 5.41) is 0. The van der Waals surface area contributed by atoms with E-state index in [2.05, 4.69) is 121 Å². The Hall–Kier alpha value is -3.84. The lowest BCUT2D eigenvalue weighted by molar-refractivity contribution is 0.686. The van der Waals surface area contributed by atoms with E-state index in [0.29, 0.717) is 0 Å². The van der Waals surface area contributed by atoms with Crippen molar-refractivity contribution < 1.29 is 0 Å². The summed E-state index contributed by atoms with van der Waals surface area (Å²) < 4.78 is 0. The van der Waals surface area contributed by atoms with Crippen LogP contribution in [-0.4, -0.2) is 0 Å². The number of para-hydroxylation sites is 3. The van der Waals surface area contributed by atoms with E-state index in [1.807, 2.05) is 0 Å². The highest BCUT2D eigenvalue weighted by atomic mass is 15.2. The minimum absolute atomic E-state index is 0.250. The first-order valence-corrected chi connectivity index (χ1v) is 11.9. The van der Waals surface area contributed by atoms with E-state index >= 15 is 0 Å². The van der Waals surface area contributed by atoms with Crippen LogP contribution in [0.4, 0.5) is 17.1 Å². The fraction of sp³-hybridized carbons (Fsp3) is 0.125. The van der Waals surface area contributed by atoms with Crippen LogP contribution in [0.15, 0.2) is 115 Å². The summed E-state index contributed by atoms with van der Waals surface area (Å²) >= 11 is 0. The molecule has 0 aromatic heterocycles. The Morgan fingerprint density at radius 1 is 0.697 bits per heavy atom. The van der Waals surface area contributed by atoms with Gasteiger partial charge in [-0.25, -0.2) is 0 Å². The van der Waals surface area contributed by atoms with Crippen LogP contribution in [0.5, 0.6) is 0 Å². The van der Waals surface area contributed by atoms with Gasteiger partial charge in [-0.05, 0) is 77.4 Å². The second-order valence-electron chi connectivity index (χ2n) is 9.34. The van der Waals surface area contributed by atoms with Crippen molar-refractivity contribution >= 4 is 22.6 Å². The summed E-state index contributed by atoms with van der Waals surface area (Å²) in [7, 11) is 0. The largest absolute Gasteiger partial charge is 0.310 e. The number of benzene rings is 4. The zero-order valence-electron chi connectivity index (χ0n) is 18.8. The van der Waals surface area contributed by atoms with Gasteiger partial charge in [0.2, 0.25) is 0 Å². The number of hydrogen-bond donors (Lipinski definition) is 0. The molecule has 33 heavy (non-hydrogen) atoms. The van der Waals surface area contributed by atoms with Crippen LogP contribution in [0.25, 0.3) is 5.57 Å². The maximum Gasteiger partial charge on any atom is 0.0717 e. The normalized spacial score (nSPS) is 16.9. The van der Waals surface area contributed by atoms with Gasteiger partial charge in [-0.15, -0.1) is 0 Å². The molecule has 1 aliphatic heterocycles. The first kappa shape index (κ1) is 18.7. The van der Waals surface area contributed by atoms with Crippen LogP contribution in [0.2, 0.25) is 0 Å². The van der Waals surface area contributed by atoms with Gasteiger partial charge in [0.25, 0.3) is 0 Å². The molecule has 1 heteroatoms. The van der Waals surface area contributed by atoms with Gasteiger partial charge in [-0.3, -0.25) is 0 Å². The minimum Gasteiger partial charge on any atom is -0.310 e. The SMILES string of the molecule is Cc1ccc2c(c1)C1(C3=C2C=CCC3)c2ccccc2N(c2ccccc2)c2ccccc21. The van der Waals surface area contributed by atoms with Crippen LogP contribution < -0.4 is 4.90 Å². The molecule has 158 valence electrons. The molecule has 0 saturated heterocycles. The average Bonchev–Trinajstić information content (AvgIpc) is 3.15. The molecule has 7 rings (SSSR count). The number of nitrogens with zero attached hydrogens (tertiary/aromatic N) is 1. The van der Waals surface area contributed by atoms with Gasteiger partial charge in [0.05, 0.1) is 16.8 Å². The molecule has 0 radical (unpaired) electrons. The second-order valence-corrected chi connectivity index (χ2v) is 9.34. The van der Waals surface area contributed by atoms with Gasteiger partial charge < -0.3 is 4.90 Å². The van der Waals surface area contributed by atoms with E-state index in [4.69, 9.17) is 0 Å². The molecule has 1 nitrogen and oxygen atoms in total. The smallest absolute Gasteiger partial charge is 0.0717 e. The molecule has 0 unspecified atom stereocenters. The van der Waals surface area contributed by atoms with Gasteiger partial charge in [0.15, 0.2) is 0 Å². The van der Waals surface area contributed by atoms with Crippen molar-refractivity contribution in [2.45, 2.75) is 25.2 Å². The van der Waals surface area contributed by atoms with E-state index in [-0.39, 0.29) is 5.41 Å². The Bertz CT molecular complexity index is 1420. The second kappa shape index (κ2) is 6.83. The Morgan fingerprint density at radius 3 is 2.09 bits per heavy atom. The molecule has 4 aromatic rings. The maximum atomic E-state index is 2.45. The van der Waals surface area contributed by atoms with Crippen molar-refractivity contribution in [2.75, 3.05) is 4.90 Å². The van der Waals surface area contributed by atoms with Gasteiger partial charge in [0.1, 0.15) is 0 Å². The first-order chi connectivity index (χ1) is 16.3. The van der Waals surface area contributed by atoms with E-state index < -0.39 is 0 Å². The third-order valence-corrected chi connectivity index (χ3v) is 7.60. The molecule has 2 aliphatic carbocycles. The van der Waals surface area contributed by atoms with Crippen LogP contribution in [0.3, 0.4) is 0 Å². The summed E-state index contributed by atoms with van der Waals surface area (Å²) in [6.45, 7) is 2.22.